The van der Waals surface area contributed by atoms with Crippen molar-refractivity contribution in [1.82, 2.24) is 0 Å². The fourth-order valence-electron chi connectivity index (χ4n) is 1.96. The minimum absolute atomic E-state index is 0.280. The van der Waals surface area contributed by atoms with E-state index in [-0.39, 0.29) is 5.78 Å². The first-order valence-electron chi connectivity index (χ1n) is 6.46. The predicted octanol–water partition coefficient (Wildman–Crippen LogP) is 3.98. The first kappa shape index (κ1) is 15.3. The summed E-state index contributed by atoms with van der Waals surface area (Å²) in [5.74, 6) is 0.247. The SMILES string of the molecule is Cc1cc(C(=O)OC(C)C(=O)c2ccc(Cl)cc2)c(C)o1. The molecule has 2 rings (SSSR count). The van der Waals surface area contributed by atoms with Crippen LogP contribution in [0.5, 0.6) is 0 Å². The zero-order chi connectivity index (χ0) is 15.6. The van der Waals surface area contributed by atoms with Crippen LogP contribution < -0.4 is 0 Å². The van der Waals surface area contributed by atoms with Gasteiger partial charge in [0.15, 0.2) is 6.10 Å². The molecule has 0 N–H and O–H groups in total. The van der Waals surface area contributed by atoms with Crippen LogP contribution in [0.1, 0.15) is 39.2 Å². The Bertz CT molecular complexity index is 670. The molecule has 1 aromatic carbocycles. The number of carbonyl (C=O) groups excluding carboxylic acids is 2. The van der Waals surface area contributed by atoms with Crippen LogP contribution in [-0.4, -0.2) is 17.9 Å². The van der Waals surface area contributed by atoms with Gasteiger partial charge in [-0.1, -0.05) is 11.6 Å². The highest BCUT2D eigenvalue weighted by atomic mass is 35.5. The van der Waals surface area contributed by atoms with Crippen molar-refractivity contribution in [2.24, 2.45) is 0 Å². The molecule has 2 aromatic rings. The Hall–Kier alpha value is -2.07. The Morgan fingerprint density at radius 2 is 1.81 bits per heavy atom. The Morgan fingerprint density at radius 3 is 2.33 bits per heavy atom. The minimum atomic E-state index is -0.881. The van der Waals surface area contributed by atoms with Crippen molar-refractivity contribution in [3.8, 4) is 0 Å². The summed E-state index contributed by atoms with van der Waals surface area (Å²) in [7, 11) is 0. The summed E-state index contributed by atoms with van der Waals surface area (Å²) in [6, 6.07) is 8.03. The largest absolute Gasteiger partial charge is 0.466 e. The summed E-state index contributed by atoms with van der Waals surface area (Å²) in [5, 5.41) is 0.542. The normalized spacial score (nSPS) is 12.0. The molecule has 0 radical (unpaired) electrons. The highest BCUT2D eigenvalue weighted by Gasteiger charge is 2.22. The number of furan rings is 1. The van der Waals surface area contributed by atoms with Crippen molar-refractivity contribution in [2.75, 3.05) is 0 Å². The molecule has 0 fully saturated rings. The number of ketones is 1. The van der Waals surface area contributed by atoms with Crippen LogP contribution in [0, 0.1) is 13.8 Å². The van der Waals surface area contributed by atoms with E-state index in [0.29, 0.717) is 27.7 Å². The fourth-order valence-corrected chi connectivity index (χ4v) is 2.09. The van der Waals surface area contributed by atoms with Gasteiger partial charge in [0.2, 0.25) is 5.78 Å². The molecule has 0 spiro atoms. The quantitative estimate of drug-likeness (QED) is 0.633. The second kappa shape index (κ2) is 6.14. The lowest BCUT2D eigenvalue weighted by molar-refractivity contribution is 0.0317. The summed E-state index contributed by atoms with van der Waals surface area (Å²) in [6.45, 7) is 4.96. The molecule has 0 saturated heterocycles. The smallest absolute Gasteiger partial charge is 0.342 e. The number of esters is 1. The number of Topliss-reactive ketones (excluding diaryl/α,β-unsaturated/α-hetero) is 1. The number of benzene rings is 1. The number of carbonyl (C=O) groups is 2. The first-order chi connectivity index (χ1) is 9.88. The zero-order valence-electron chi connectivity index (χ0n) is 12.0. The van der Waals surface area contributed by atoms with Crippen LogP contribution >= 0.6 is 11.6 Å². The summed E-state index contributed by atoms with van der Waals surface area (Å²) in [4.78, 5) is 24.2. The molecular formula is C16H15ClO4. The van der Waals surface area contributed by atoms with Gasteiger partial charge in [-0.05, 0) is 51.1 Å². The molecule has 0 saturated carbocycles. The van der Waals surface area contributed by atoms with Gasteiger partial charge in [-0.2, -0.15) is 0 Å². The Morgan fingerprint density at radius 1 is 1.19 bits per heavy atom. The highest BCUT2D eigenvalue weighted by Crippen LogP contribution is 2.17. The van der Waals surface area contributed by atoms with Crippen LogP contribution in [0.4, 0.5) is 0 Å². The second-order valence-corrected chi connectivity index (χ2v) is 5.18. The van der Waals surface area contributed by atoms with E-state index in [2.05, 4.69) is 0 Å². The van der Waals surface area contributed by atoms with Gasteiger partial charge in [-0.15, -0.1) is 0 Å². The van der Waals surface area contributed by atoms with E-state index in [9.17, 15) is 9.59 Å². The van der Waals surface area contributed by atoms with Gasteiger partial charge in [0, 0.05) is 10.6 Å². The lowest BCUT2D eigenvalue weighted by Gasteiger charge is -2.12. The van der Waals surface area contributed by atoms with E-state index >= 15 is 0 Å². The summed E-state index contributed by atoms with van der Waals surface area (Å²) in [6.07, 6.45) is -0.881. The number of rotatable bonds is 4. The molecular weight excluding hydrogens is 292 g/mol. The van der Waals surface area contributed by atoms with Gasteiger partial charge in [0.05, 0.1) is 0 Å². The standard InChI is InChI=1S/C16H15ClO4/c1-9-8-14(10(2)20-9)16(19)21-11(3)15(18)12-4-6-13(17)7-5-12/h4-8,11H,1-3H3. The van der Waals surface area contributed by atoms with Crippen molar-refractivity contribution in [3.05, 3.63) is 58.0 Å². The van der Waals surface area contributed by atoms with E-state index in [4.69, 9.17) is 20.8 Å². The monoisotopic (exact) mass is 306 g/mol. The lowest BCUT2D eigenvalue weighted by atomic mass is 10.1. The summed E-state index contributed by atoms with van der Waals surface area (Å²) in [5.41, 5.74) is 0.781. The second-order valence-electron chi connectivity index (χ2n) is 4.75. The van der Waals surface area contributed by atoms with E-state index in [1.165, 1.54) is 6.92 Å². The van der Waals surface area contributed by atoms with E-state index in [0.717, 1.165) is 0 Å². The number of aryl methyl sites for hydroxylation is 2. The maximum absolute atomic E-state index is 12.2. The molecule has 5 heteroatoms. The van der Waals surface area contributed by atoms with E-state index in [1.807, 2.05) is 0 Å². The van der Waals surface area contributed by atoms with Crippen molar-refractivity contribution < 1.29 is 18.7 Å². The molecule has 1 unspecified atom stereocenters. The number of ether oxygens (including phenoxy) is 1. The molecule has 21 heavy (non-hydrogen) atoms. The van der Waals surface area contributed by atoms with Crippen molar-refractivity contribution >= 4 is 23.4 Å². The summed E-state index contributed by atoms with van der Waals surface area (Å²) >= 11 is 5.77. The topological polar surface area (TPSA) is 56.5 Å². The highest BCUT2D eigenvalue weighted by molar-refractivity contribution is 6.30. The zero-order valence-corrected chi connectivity index (χ0v) is 12.7. The maximum Gasteiger partial charge on any atom is 0.342 e. The average Bonchev–Trinajstić information content (AvgIpc) is 2.77. The van der Waals surface area contributed by atoms with Crippen molar-refractivity contribution in [1.29, 1.82) is 0 Å². The van der Waals surface area contributed by atoms with Crippen LogP contribution in [0.15, 0.2) is 34.7 Å². The summed E-state index contributed by atoms with van der Waals surface area (Å²) < 4.78 is 10.5. The Balaban J connectivity index is 2.08. The van der Waals surface area contributed by atoms with Crippen LogP contribution in [0.3, 0.4) is 0 Å². The molecule has 0 aliphatic carbocycles. The van der Waals surface area contributed by atoms with Gasteiger partial charge in [-0.25, -0.2) is 4.79 Å². The van der Waals surface area contributed by atoms with Crippen molar-refractivity contribution in [2.45, 2.75) is 26.9 Å². The minimum Gasteiger partial charge on any atom is -0.466 e. The first-order valence-corrected chi connectivity index (χ1v) is 6.84. The van der Waals surface area contributed by atoms with Gasteiger partial charge >= 0.3 is 5.97 Å². The third kappa shape index (κ3) is 3.52. The Labute approximate surface area is 127 Å². The maximum atomic E-state index is 12.2. The Kier molecular flexibility index (Phi) is 4.48. The average molecular weight is 307 g/mol. The molecule has 4 nitrogen and oxygen atoms in total. The predicted molar refractivity (Wildman–Crippen MR) is 78.8 cm³/mol. The van der Waals surface area contributed by atoms with Gasteiger partial charge in [0.25, 0.3) is 0 Å². The van der Waals surface area contributed by atoms with Crippen molar-refractivity contribution in [3.63, 3.8) is 0 Å². The molecule has 110 valence electrons. The fraction of sp³-hybridized carbons (Fsp3) is 0.250. The third-order valence-electron chi connectivity index (χ3n) is 3.04. The van der Waals surface area contributed by atoms with E-state index < -0.39 is 12.1 Å². The molecule has 0 aliphatic heterocycles. The third-order valence-corrected chi connectivity index (χ3v) is 3.29. The van der Waals surface area contributed by atoms with Gasteiger partial charge in [-0.3, -0.25) is 4.79 Å². The van der Waals surface area contributed by atoms with Crippen LogP contribution in [0.2, 0.25) is 5.02 Å². The molecule has 0 aliphatic rings. The molecule has 0 bridgehead atoms. The van der Waals surface area contributed by atoms with Gasteiger partial charge in [0.1, 0.15) is 17.1 Å². The van der Waals surface area contributed by atoms with E-state index in [1.54, 1.807) is 44.2 Å². The van der Waals surface area contributed by atoms with Gasteiger partial charge < -0.3 is 9.15 Å². The van der Waals surface area contributed by atoms with Crippen LogP contribution in [-0.2, 0) is 4.74 Å². The number of hydrogen-bond donors (Lipinski definition) is 0. The lowest BCUT2D eigenvalue weighted by Crippen LogP contribution is -2.24. The molecule has 1 aromatic heterocycles. The number of halogens is 1. The van der Waals surface area contributed by atoms with Crippen LogP contribution in [0.25, 0.3) is 0 Å². The molecule has 1 atom stereocenters. The molecule has 0 amide bonds. The number of hydrogen-bond acceptors (Lipinski definition) is 4. The molecule has 1 heterocycles.